The molecule has 0 spiro atoms. The Morgan fingerprint density at radius 2 is 1.77 bits per heavy atom. The molecule has 1 unspecified atom stereocenters. The van der Waals surface area contributed by atoms with Gasteiger partial charge in [-0.25, -0.2) is 0 Å². The van der Waals surface area contributed by atoms with Gasteiger partial charge in [-0.05, 0) is 60.5 Å². The minimum Gasteiger partial charge on any atom is -0.493 e. The fourth-order valence-electron chi connectivity index (χ4n) is 4.69. The van der Waals surface area contributed by atoms with Gasteiger partial charge in [0.05, 0.1) is 20.6 Å². The number of hydrogen-bond acceptors (Lipinski definition) is 5. The zero-order valence-corrected chi connectivity index (χ0v) is 21.3. The van der Waals surface area contributed by atoms with Gasteiger partial charge in [0.2, 0.25) is 11.8 Å². The molecule has 1 aliphatic carbocycles. The predicted molar refractivity (Wildman–Crippen MR) is 139 cm³/mol. The second-order valence-corrected chi connectivity index (χ2v) is 9.85. The third-order valence-corrected chi connectivity index (χ3v) is 7.36. The average molecular weight is 493 g/mol. The van der Waals surface area contributed by atoms with Gasteiger partial charge < -0.3 is 14.8 Å². The topological polar surface area (TPSA) is 67.9 Å². The quantitative estimate of drug-likeness (QED) is 0.431. The molecule has 184 valence electrons. The van der Waals surface area contributed by atoms with E-state index in [4.69, 9.17) is 9.47 Å². The summed E-state index contributed by atoms with van der Waals surface area (Å²) in [6, 6.07) is 16.3. The summed E-state index contributed by atoms with van der Waals surface area (Å²) in [6.45, 7) is 1.96. The number of aryl methyl sites for hydroxylation is 1. The van der Waals surface area contributed by atoms with Crippen LogP contribution in [0.4, 0.5) is 5.69 Å². The highest BCUT2D eigenvalue weighted by Gasteiger charge is 2.35. The molecule has 2 aromatic carbocycles. The maximum atomic E-state index is 13.9. The van der Waals surface area contributed by atoms with Gasteiger partial charge in [0.15, 0.2) is 11.5 Å². The normalized spacial score (nSPS) is 14.4. The minimum atomic E-state index is -0.857. The number of anilines is 1. The number of ether oxygens (including phenoxy) is 2. The highest BCUT2D eigenvalue weighted by atomic mass is 32.1. The van der Waals surface area contributed by atoms with Gasteiger partial charge >= 0.3 is 0 Å². The number of thiophene rings is 1. The summed E-state index contributed by atoms with van der Waals surface area (Å²) in [6.07, 6.45) is 4.33. The molecule has 1 aromatic heterocycles. The van der Waals surface area contributed by atoms with Crippen molar-refractivity contribution >= 4 is 28.8 Å². The molecule has 1 aliphatic rings. The van der Waals surface area contributed by atoms with Crippen LogP contribution in [0, 0.1) is 6.92 Å². The summed E-state index contributed by atoms with van der Waals surface area (Å²) in [5, 5.41) is 5.18. The lowest BCUT2D eigenvalue weighted by atomic mass is 10.00. The standard InChI is InChI=1S/C28H32N2O4S/c1-19-9-4-7-13-23(19)30(26(31)18-22-12-8-16-35-22)27(28(32)29-21-10-5-6-11-21)20-14-15-24(33-2)25(17-20)34-3/h4,7-9,12-17,21,27H,5-6,10-11,18H2,1-3H3,(H,29,32). The molecule has 1 fully saturated rings. The van der Waals surface area contributed by atoms with Gasteiger partial charge in [-0.3, -0.25) is 14.5 Å². The maximum absolute atomic E-state index is 13.9. The zero-order chi connectivity index (χ0) is 24.8. The molecule has 7 heteroatoms. The first kappa shape index (κ1) is 24.8. The second-order valence-electron chi connectivity index (χ2n) is 8.81. The molecule has 4 rings (SSSR count). The van der Waals surface area contributed by atoms with Crippen LogP contribution >= 0.6 is 11.3 Å². The Morgan fingerprint density at radius 1 is 1.03 bits per heavy atom. The number of methoxy groups -OCH3 is 2. The van der Waals surface area contributed by atoms with Crippen LogP contribution in [0.5, 0.6) is 11.5 Å². The Morgan fingerprint density at radius 3 is 2.43 bits per heavy atom. The minimum absolute atomic E-state index is 0.122. The van der Waals surface area contributed by atoms with Crippen LogP contribution < -0.4 is 19.7 Å². The number of carbonyl (C=O) groups excluding carboxylic acids is 2. The third kappa shape index (κ3) is 5.68. The fourth-order valence-corrected chi connectivity index (χ4v) is 5.39. The van der Waals surface area contributed by atoms with Gasteiger partial charge in [0.1, 0.15) is 6.04 Å². The molecule has 1 N–H and O–H groups in total. The summed E-state index contributed by atoms with van der Waals surface area (Å²) in [7, 11) is 3.14. The summed E-state index contributed by atoms with van der Waals surface area (Å²) in [5.41, 5.74) is 2.31. The number of hydrogen-bond donors (Lipinski definition) is 1. The van der Waals surface area contributed by atoms with E-state index in [1.807, 2.05) is 54.8 Å². The molecule has 0 aliphatic heterocycles. The number of benzene rings is 2. The smallest absolute Gasteiger partial charge is 0.248 e. The van der Waals surface area contributed by atoms with Crippen molar-refractivity contribution in [2.24, 2.45) is 0 Å². The number of nitrogens with one attached hydrogen (secondary N) is 1. The van der Waals surface area contributed by atoms with Crippen molar-refractivity contribution in [2.75, 3.05) is 19.1 Å². The predicted octanol–water partition coefficient (Wildman–Crippen LogP) is 5.45. The molecule has 35 heavy (non-hydrogen) atoms. The van der Waals surface area contributed by atoms with Crippen molar-refractivity contribution in [3.8, 4) is 11.5 Å². The summed E-state index contributed by atoms with van der Waals surface area (Å²) in [5.74, 6) is 0.757. The van der Waals surface area contributed by atoms with Crippen LogP contribution in [0.15, 0.2) is 60.0 Å². The van der Waals surface area contributed by atoms with Crippen molar-refractivity contribution in [3.05, 3.63) is 76.0 Å². The van der Waals surface area contributed by atoms with Gasteiger partial charge in [-0.1, -0.05) is 43.2 Å². The Hall–Kier alpha value is -3.32. The molecule has 3 aromatic rings. The molecule has 0 saturated heterocycles. The summed E-state index contributed by atoms with van der Waals surface area (Å²) < 4.78 is 11.0. The van der Waals surface area contributed by atoms with E-state index < -0.39 is 6.04 Å². The van der Waals surface area contributed by atoms with E-state index in [1.165, 1.54) is 11.3 Å². The largest absolute Gasteiger partial charge is 0.493 e. The van der Waals surface area contributed by atoms with Crippen molar-refractivity contribution in [1.82, 2.24) is 5.32 Å². The molecule has 1 heterocycles. The first-order valence-electron chi connectivity index (χ1n) is 11.9. The number of carbonyl (C=O) groups is 2. The maximum Gasteiger partial charge on any atom is 0.248 e. The van der Waals surface area contributed by atoms with Gasteiger partial charge in [0, 0.05) is 16.6 Å². The molecule has 2 amide bonds. The van der Waals surface area contributed by atoms with Crippen molar-refractivity contribution in [2.45, 2.75) is 51.1 Å². The Balaban J connectivity index is 1.82. The number of nitrogens with zero attached hydrogens (tertiary/aromatic N) is 1. The lowest BCUT2D eigenvalue weighted by Crippen LogP contribution is -2.47. The SMILES string of the molecule is COc1ccc(C(C(=O)NC2CCCC2)N(C(=O)Cc2cccs2)c2ccccc2C)cc1OC. The van der Waals surface area contributed by atoms with Crippen LogP contribution in [0.2, 0.25) is 0 Å². The van der Waals surface area contributed by atoms with E-state index in [2.05, 4.69) is 5.32 Å². The summed E-state index contributed by atoms with van der Waals surface area (Å²) >= 11 is 1.54. The van der Waals surface area contributed by atoms with E-state index in [1.54, 1.807) is 31.3 Å². The van der Waals surface area contributed by atoms with E-state index in [0.717, 1.165) is 41.8 Å². The van der Waals surface area contributed by atoms with Gasteiger partial charge in [-0.2, -0.15) is 0 Å². The lowest BCUT2D eigenvalue weighted by molar-refractivity contribution is -0.127. The van der Waals surface area contributed by atoms with Crippen molar-refractivity contribution in [3.63, 3.8) is 0 Å². The zero-order valence-electron chi connectivity index (χ0n) is 20.5. The number of para-hydroxylation sites is 1. The van der Waals surface area contributed by atoms with Crippen LogP contribution in [0.3, 0.4) is 0 Å². The Kier molecular flexibility index (Phi) is 8.08. The fraction of sp³-hybridized carbons (Fsp3) is 0.357. The lowest BCUT2D eigenvalue weighted by Gasteiger charge is -2.33. The number of rotatable bonds is 9. The molecule has 1 atom stereocenters. The molecule has 0 bridgehead atoms. The Bertz CT molecular complexity index is 1160. The number of amides is 2. The molecular weight excluding hydrogens is 460 g/mol. The highest BCUT2D eigenvalue weighted by Crippen LogP contribution is 2.36. The van der Waals surface area contributed by atoms with E-state index in [0.29, 0.717) is 17.1 Å². The Labute approximate surface area is 210 Å². The third-order valence-electron chi connectivity index (χ3n) is 6.48. The van der Waals surface area contributed by atoms with Crippen LogP contribution in [-0.2, 0) is 16.0 Å². The molecule has 1 saturated carbocycles. The van der Waals surface area contributed by atoms with E-state index in [-0.39, 0.29) is 24.3 Å². The molecular formula is C28H32N2O4S. The molecule has 6 nitrogen and oxygen atoms in total. The van der Waals surface area contributed by atoms with E-state index in [9.17, 15) is 9.59 Å². The van der Waals surface area contributed by atoms with Crippen LogP contribution in [0.25, 0.3) is 0 Å². The van der Waals surface area contributed by atoms with Gasteiger partial charge in [-0.15, -0.1) is 11.3 Å². The summed E-state index contributed by atoms with van der Waals surface area (Å²) in [4.78, 5) is 30.4. The van der Waals surface area contributed by atoms with Crippen LogP contribution in [0.1, 0.15) is 47.7 Å². The average Bonchev–Trinajstić information content (AvgIpc) is 3.57. The van der Waals surface area contributed by atoms with Crippen molar-refractivity contribution < 1.29 is 19.1 Å². The first-order valence-corrected chi connectivity index (χ1v) is 12.8. The van der Waals surface area contributed by atoms with E-state index >= 15 is 0 Å². The van der Waals surface area contributed by atoms with Crippen molar-refractivity contribution in [1.29, 1.82) is 0 Å². The second kappa shape index (κ2) is 11.4. The van der Waals surface area contributed by atoms with Gasteiger partial charge in [0.25, 0.3) is 0 Å². The first-order chi connectivity index (χ1) is 17.0. The monoisotopic (exact) mass is 492 g/mol. The van der Waals surface area contributed by atoms with Crippen LogP contribution in [-0.4, -0.2) is 32.1 Å². The highest BCUT2D eigenvalue weighted by molar-refractivity contribution is 7.10. The molecule has 0 radical (unpaired) electrons.